The molecule has 0 saturated heterocycles. The Balaban J connectivity index is 0.000000232. The van der Waals surface area contributed by atoms with Crippen molar-refractivity contribution in [2.45, 2.75) is 130 Å². The average molecular weight is 792 g/mol. The van der Waals surface area contributed by atoms with Gasteiger partial charge in [0.2, 0.25) is 0 Å². The minimum atomic E-state index is -0.196. The number of nitrogens with zero attached hydrogens (tertiary/aromatic N) is 6. The van der Waals surface area contributed by atoms with Gasteiger partial charge in [-0.3, -0.25) is 0 Å². The van der Waals surface area contributed by atoms with Gasteiger partial charge in [-0.1, -0.05) is 131 Å². The maximum Gasteiger partial charge on any atom is 4.00 e. The van der Waals surface area contributed by atoms with E-state index in [0.29, 0.717) is 11.4 Å². The van der Waals surface area contributed by atoms with Crippen LogP contribution >= 0.6 is 0 Å². The second kappa shape index (κ2) is 15.9. The van der Waals surface area contributed by atoms with Gasteiger partial charge in [0.05, 0.1) is 11.4 Å². The monoisotopic (exact) mass is 790 g/mol. The quantitative estimate of drug-likeness (QED) is 0.137. The van der Waals surface area contributed by atoms with E-state index in [9.17, 15) is 10.2 Å². The molecule has 9 heteroatoms. The molecule has 53 heavy (non-hydrogen) atoms. The molecule has 2 heterocycles. The molecule has 0 saturated carbocycles. The smallest absolute Gasteiger partial charge is 0.871 e. The first kappa shape index (κ1) is 41.9. The average Bonchev–Trinajstić information content (AvgIpc) is 3.76. The Bertz CT molecular complexity index is 1970. The molecule has 0 spiro atoms. The Hall–Kier alpha value is -3.84. The van der Waals surface area contributed by atoms with Crippen molar-refractivity contribution in [3.63, 3.8) is 0 Å². The van der Waals surface area contributed by atoms with Crippen LogP contribution in [0.3, 0.4) is 0 Å². The van der Waals surface area contributed by atoms with Gasteiger partial charge in [0, 0.05) is 0 Å². The maximum absolute atomic E-state index is 13.3. The Kier molecular flexibility index (Phi) is 12.5. The van der Waals surface area contributed by atoms with Gasteiger partial charge in [0.15, 0.2) is 0 Å². The minimum absolute atomic E-state index is 0. The van der Waals surface area contributed by atoms with Crippen LogP contribution in [0.25, 0.3) is 33.4 Å². The fraction of sp³-hybridized carbons (Fsp3) is 0.455. The molecule has 0 N–H and O–H groups in total. The molecule has 0 radical (unpaired) electrons. The third-order valence-electron chi connectivity index (χ3n) is 11.7. The molecule has 0 atom stereocenters. The van der Waals surface area contributed by atoms with Crippen LogP contribution < -0.4 is 10.2 Å². The second-order valence-corrected chi connectivity index (χ2v) is 16.7. The van der Waals surface area contributed by atoms with Crippen LogP contribution in [0, 0.1) is 0 Å². The molecule has 0 unspecified atom stereocenters. The van der Waals surface area contributed by atoms with Crippen molar-refractivity contribution in [3.8, 4) is 22.9 Å². The van der Waals surface area contributed by atoms with E-state index in [1.54, 1.807) is 0 Å². The van der Waals surface area contributed by atoms with Gasteiger partial charge in [0.25, 0.3) is 0 Å². The summed E-state index contributed by atoms with van der Waals surface area (Å²) in [5, 5.41) is 44.8. The number of fused-ring (bicyclic) bond motifs is 2. The molecule has 6 rings (SSSR count). The summed E-state index contributed by atoms with van der Waals surface area (Å²) in [7, 11) is 0. The molecule has 0 fully saturated rings. The summed E-state index contributed by atoms with van der Waals surface area (Å²) in [6.45, 7) is 26.0. The minimum Gasteiger partial charge on any atom is -0.871 e. The summed E-state index contributed by atoms with van der Waals surface area (Å²) in [4.78, 5) is 3.02. The Morgan fingerprint density at radius 1 is 0.453 bits per heavy atom. The topological polar surface area (TPSA) is 108 Å². The Morgan fingerprint density at radius 3 is 0.962 bits per heavy atom. The van der Waals surface area contributed by atoms with Gasteiger partial charge in [0.1, 0.15) is 22.1 Å². The Morgan fingerprint density at radius 2 is 0.717 bits per heavy atom. The predicted molar refractivity (Wildman–Crippen MR) is 210 cm³/mol. The summed E-state index contributed by atoms with van der Waals surface area (Å²) in [5.74, 6) is 0.0422. The number of hydrogen-bond acceptors (Lipinski definition) is 6. The Labute approximate surface area is 335 Å². The molecule has 0 bridgehead atoms. The standard InChI is InChI=1S/2C22H29N3O.Zr/c2*1-7-21(3,4)15-13-16(22(5,6)8-2)20(26)19(14-15)25-23-17-11-9-10-12-18(17)24-25;/h2*9-14,26H,7-8H2,1-6H3;/q;;+4/p-2. The van der Waals surface area contributed by atoms with E-state index in [1.165, 1.54) is 9.59 Å². The largest absolute Gasteiger partial charge is 4.00 e. The maximum atomic E-state index is 13.3. The molecule has 0 aliphatic heterocycles. The summed E-state index contributed by atoms with van der Waals surface area (Å²) in [5.41, 5.74) is 7.83. The van der Waals surface area contributed by atoms with Crippen molar-refractivity contribution in [1.82, 2.24) is 30.0 Å². The van der Waals surface area contributed by atoms with Gasteiger partial charge in [-0.15, -0.1) is 20.4 Å². The van der Waals surface area contributed by atoms with E-state index in [0.717, 1.165) is 70.0 Å². The summed E-state index contributed by atoms with van der Waals surface area (Å²) in [6, 6.07) is 23.5. The van der Waals surface area contributed by atoms with E-state index in [-0.39, 0.29) is 59.4 Å². The van der Waals surface area contributed by atoms with Gasteiger partial charge < -0.3 is 10.2 Å². The molecule has 6 aromatic rings. The second-order valence-electron chi connectivity index (χ2n) is 16.7. The van der Waals surface area contributed by atoms with Crippen LogP contribution in [0.15, 0.2) is 72.8 Å². The van der Waals surface area contributed by atoms with Crippen molar-refractivity contribution >= 4 is 22.1 Å². The number of benzene rings is 4. The van der Waals surface area contributed by atoms with Crippen LogP contribution in [0.1, 0.15) is 131 Å². The van der Waals surface area contributed by atoms with E-state index >= 15 is 0 Å². The molecular formula is C44H56N6O2Zr+2. The molecule has 0 aliphatic carbocycles. The van der Waals surface area contributed by atoms with Crippen LogP contribution in [-0.4, -0.2) is 30.0 Å². The third kappa shape index (κ3) is 8.46. The molecule has 2 aromatic heterocycles. The fourth-order valence-corrected chi connectivity index (χ4v) is 6.04. The first-order valence-electron chi connectivity index (χ1n) is 18.8. The van der Waals surface area contributed by atoms with Crippen molar-refractivity contribution in [3.05, 3.63) is 95.1 Å². The molecule has 8 nitrogen and oxygen atoms in total. The van der Waals surface area contributed by atoms with E-state index < -0.39 is 0 Å². The summed E-state index contributed by atoms with van der Waals surface area (Å²) in [6.07, 6.45) is 3.77. The fourth-order valence-electron chi connectivity index (χ4n) is 6.04. The SMILES string of the molecule is CCC(C)(C)c1cc(-n2nc3ccccc3n2)c([O-])c(C(C)(C)CC)c1.CCC(C)(C)c1cc(-n2nc3ccccc3n2)c([O-])c(C(C)(C)CC)c1.[Zr+4]. The molecule has 0 aliphatic rings. The first-order valence-corrected chi connectivity index (χ1v) is 18.8. The van der Waals surface area contributed by atoms with Gasteiger partial charge in [-0.25, -0.2) is 0 Å². The van der Waals surface area contributed by atoms with Crippen molar-refractivity contribution in [2.24, 2.45) is 0 Å². The van der Waals surface area contributed by atoms with Crippen LogP contribution in [-0.2, 0) is 47.9 Å². The summed E-state index contributed by atoms with van der Waals surface area (Å²) >= 11 is 0. The van der Waals surface area contributed by atoms with E-state index in [1.807, 2.05) is 60.7 Å². The summed E-state index contributed by atoms with van der Waals surface area (Å²) < 4.78 is 0. The molecular weight excluding hydrogens is 736 g/mol. The third-order valence-corrected chi connectivity index (χ3v) is 11.7. The van der Waals surface area contributed by atoms with Crippen molar-refractivity contribution in [1.29, 1.82) is 0 Å². The number of rotatable bonds is 10. The van der Waals surface area contributed by atoms with Crippen LogP contribution in [0.4, 0.5) is 0 Å². The van der Waals surface area contributed by atoms with Gasteiger partial charge >= 0.3 is 26.2 Å². The normalized spacial score (nSPS) is 12.5. The zero-order valence-electron chi connectivity index (χ0n) is 33.8. The van der Waals surface area contributed by atoms with Crippen LogP contribution in [0.2, 0.25) is 0 Å². The van der Waals surface area contributed by atoms with Crippen molar-refractivity contribution in [2.75, 3.05) is 0 Å². The van der Waals surface area contributed by atoms with Crippen LogP contribution in [0.5, 0.6) is 11.5 Å². The molecule has 276 valence electrons. The number of hydrogen-bond donors (Lipinski definition) is 0. The van der Waals surface area contributed by atoms with Gasteiger partial charge in [-0.05, 0) is 106 Å². The van der Waals surface area contributed by atoms with E-state index in [4.69, 9.17) is 0 Å². The van der Waals surface area contributed by atoms with Crippen molar-refractivity contribution < 1.29 is 36.4 Å². The van der Waals surface area contributed by atoms with E-state index in [2.05, 4.69) is 116 Å². The molecule has 0 amide bonds. The number of aromatic nitrogens is 6. The van der Waals surface area contributed by atoms with Gasteiger partial charge in [-0.2, -0.15) is 9.59 Å². The zero-order valence-corrected chi connectivity index (χ0v) is 36.2. The first-order chi connectivity index (χ1) is 24.4. The zero-order chi connectivity index (χ0) is 38.2. The predicted octanol–water partition coefficient (Wildman–Crippen LogP) is 9.74. The molecule has 4 aromatic carbocycles.